The zero-order valence-electron chi connectivity index (χ0n) is 29.1. The number of methoxy groups -OCH3 is 1. The van der Waals surface area contributed by atoms with E-state index in [0.29, 0.717) is 36.8 Å². The average molecular weight is 632 g/mol. The number of carbonyl (C=O) groups is 5. The molecule has 1 amide bonds. The Morgan fingerprint density at radius 3 is 1.84 bits per heavy atom. The molecule has 0 bridgehead atoms. The van der Waals surface area contributed by atoms with E-state index in [1.165, 1.54) is 21.0 Å². The number of likely N-dealkylation sites (N-methyl/N-ethyl adjacent to an activating group) is 2. The van der Waals surface area contributed by atoms with Crippen molar-refractivity contribution in [2.75, 3.05) is 74.7 Å². The van der Waals surface area contributed by atoms with Crippen LogP contribution in [0.1, 0.15) is 65.7 Å². The fourth-order valence-corrected chi connectivity index (χ4v) is 4.14. The van der Waals surface area contributed by atoms with Gasteiger partial charge in [-0.25, -0.2) is 4.79 Å². The molecule has 0 saturated heterocycles. The zero-order chi connectivity index (χ0) is 32.2. The Morgan fingerprint density at radius 2 is 1.34 bits per heavy atom. The van der Waals surface area contributed by atoms with Crippen LogP contribution < -0.4 is 5.32 Å². The van der Waals surface area contributed by atoms with Crippen molar-refractivity contribution < 1.29 is 51.9 Å². The molecule has 0 aromatic carbocycles. The van der Waals surface area contributed by atoms with Gasteiger partial charge in [-0.2, -0.15) is 0 Å². The van der Waals surface area contributed by atoms with Crippen molar-refractivity contribution in [3.63, 3.8) is 0 Å². The first-order valence-electron chi connectivity index (χ1n) is 14.7. The molecule has 0 aromatic rings. The molecule has 0 spiro atoms. The number of esters is 4. The van der Waals surface area contributed by atoms with Crippen LogP contribution in [0.5, 0.6) is 0 Å². The van der Waals surface area contributed by atoms with Crippen LogP contribution in [-0.2, 0) is 42.9 Å². The van der Waals surface area contributed by atoms with Gasteiger partial charge in [0.05, 0.1) is 41.3 Å². The summed E-state index contributed by atoms with van der Waals surface area (Å²) >= 11 is 0. The highest BCUT2D eigenvalue weighted by atomic mass is 16.5. The summed E-state index contributed by atoms with van der Waals surface area (Å²) in [4.78, 5) is 60.0. The smallest absolute Gasteiger partial charge is 0.362 e. The molecule has 0 saturated carbocycles. The SMILES string of the molecule is CCCCCC(NC(=O)C[N+](C)(C)CCOC(C)=O)C(CC=CCCC(=O)OC)OC(=O)C[N+](C)(C)CCOC(C)=O.[CH3-].[CH3-]. The molecule has 44 heavy (non-hydrogen) atoms. The molecular weight excluding hydrogens is 570 g/mol. The van der Waals surface area contributed by atoms with Crippen molar-refractivity contribution in [3.05, 3.63) is 27.0 Å². The van der Waals surface area contributed by atoms with Crippen LogP contribution >= 0.6 is 0 Å². The van der Waals surface area contributed by atoms with Gasteiger partial charge < -0.3 is 48.1 Å². The fraction of sp³-hybridized carbons (Fsp3) is 0.719. The van der Waals surface area contributed by atoms with Gasteiger partial charge in [-0.05, 0) is 12.8 Å². The molecule has 0 heterocycles. The molecule has 0 fully saturated rings. The second-order valence-electron chi connectivity index (χ2n) is 11.8. The highest BCUT2D eigenvalue weighted by molar-refractivity contribution is 5.77. The topological polar surface area (TPSA) is 134 Å². The first-order valence-corrected chi connectivity index (χ1v) is 14.7. The van der Waals surface area contributed by atoms with Gasteiger partial charge >= 0.3 is 23.9 Å². The van der Waals surface area contributed by atoms with Crippen LogP contribution in [0.2, 0.25) is 0 Å². The summed E-state index contributed by atoms with van der Waals surface area (Å²) in [5, 5.41) is 3.10. The van der Waals surface area contributed by atoms with E-state index in [2.05, 4.69) is 17.0 Å². The summed E-state index contributed by atoms with van der Waals surface area (Å²) in [5.74, 6) is -1.68. The van der Waals surface area contributed by atoms with E-state index in [4.69, 9.17) is 14.2 Å². The molecule has 0 aromatic heterocycles. The maximum Gasteiger partial charge on any atom is 0.362 e. The van der Waals surface area contributed by atoms with Gasteiger partial charge in [0, 0.05) is 26.7 Å². The molecule has 2 atom stereocenters. The first kappa shape index (κ1) is 45.4. The van der Waals surface area contributed by atoms with E-state index in [1.54, 1.807) is 0 Å². The second-order valence-corrected chi connectivity index (χ2v) is 11.8. The summed E-state index contributed by atoms with van der Waals surface area (Å²) in [5.41, 5.74) is 0. The number of hydrogen-bond acceptors (Lipinski definition) is 9. The third-order valence-electron chi connectivity index (χ3n) is 6.61. The molecule has 2 unspecified atom stereocenters. The maximum absolute atomic E-state index is 13.2. The minimum atomic E-state index is -0.627. The van der Waals surface area contributed by atoms with Gasteiger partial charge in [0.1, 0.15) is 32.4 Å². The molecule has 258 valence electrons. The molecule has 0 aliphatic heterocycles. The number of rotatable bonds is 22. The summed E-state index contributed by atoms with van der Waals surface area (Å²) in [6.45, 7) is 6.28. The summed E-state index contributed by atoms with van der Waals surface area (Å²) in [7, 11) is 8.80. The lowest BCUT2D eigenvalue weighted by Crippen LogP contribution is -2.54. The second kappa shape index (κ2) is 24.3. The molecular formula is C32H61N3O9. The third-order valence-corrected chi connectivity index (χ3v) is 6.61. The molecule has 0 aliphatic rings. The Morgan fingerprint density at radius 1 is 0.795 bits per heavy atom. The van der Waals surface area contributed by atoms with E-state index in [9.17, 15) is 24.0 Å². The quantitative estimate of drug-likeness (QED) is 0.0478. The first-order chi connectivity index (χ1) is 19.6. The molecule has 0 aliphatic carbocycles. The number of allylic oxidation sites excluding steroid dienone is 1. The van der Waals surface area contributed by atoms with Gasteiger partial charge in [0.25, 0.3) is 5.91 Å². The maximum atomic E-state index is 13.2. The van der Waals surface area contributed by atoms with Crippen molar-refractivity contribution in [1.29, 1.82) is 0 Å². The lowest BCUT2D eigenvalue weighted by atomic mass is 10.00. The Bertz CT molecular complexity index is 888. The minimum Gasteiger partial charge on any atom is -0.469 e. The van der Waals surface area contributed by atoms with E-state index in [1.807, 2.05) is 40.3 Å². The van der Waals surface area contributed by atoms with Crippen molar-refractivity contribution in [1.82, 2.24) is 5.32 Å². The van der Waals surface area contributed by atoms with Crippen molar-refractivity contribution in [2.45, 2.75) is 77.9 Å². The fourth-order valence-electron chi connectivity index (χ4n) is 4.14. The number of amides is 1. The van der Waals surface area contributed by atoms with Crippen molar-refractivity contribution in [2.24, 2.45) is 0 Å². The number of nitrogens with one attached hydrogen (secondary N) is 1. The number of quaternary nitrogens is 2. The summed E-state index contributed by atoms with van der Waals surface area (Å²) < 4.78 is 21.3. The van der Waals surface area contributed by atoms with Gasteiger partial charge in [0.15, 0.2) is 13.1 Å². The van der Waals surface area contributed by atoms with Gasteiger partial charge in [0.2, 0.25) is 0 Å². The monoisotopic (exact) mass is 631 g/mol. The van der Waals surface area contributed by atoms with Gasteiger partial charge in [-0.15, -0.1) is 0 Å². The number of ether oxygens (including phenoxy) is 4. The number of unbranched alkanes of at least 4 members (excludes halogenated alkanes) is 2. The van der Waals surface area contributed by atoms with E-state index < -0.39 is 18.1 Å². The Balaban J connectivity index is -0.00000840. The van der Waals surface area contributed by atoms with Crippen LogP contribution in [0.4, 0.5) is 0 Å². The highest BCUT2D eigenvalue weighted by Gasteiger charge is 2.31. The van der Waals surface area contributed by atoms with Crippen LogP contribution in [0.15, 0.2) is 12.2 Å². The predicted molar refractivity (Wildman–Crippen MR) is 171 cm³/mol. The lowest BCUT2D eigenvalue weighted by Gasteiger charge is -2.33. The van der Waals surface area contributed by atoms with Crippen molar-refractivity contribution >= 4 is 29.8 Å². The normalized spacial score (nSPS) is 12.6. The van der Waals surface area contributed by atoms with Crippen molar-refractivity contribution in [3.8, 4) is 0 Å². The van der Waals surface area contributed by atoms with E-state index in [-0.39, 0.29) is 75.9 Å². The standard InChI is InChI=1S/C30H54N3O9.2CH3/c1-9-10-12-15-26(31-28(36)22-32(4,5)18-20-40-24(2)34)27(16-13-11-14-17-29(37)39-8)42-30(38)23-33(6,7)19-21-41-25(3)35;;/h11,13,26-27H,9-10,12,14-23H2,1-8H3;2*1H3/q+1;2*-1/p+1. The third kappa shape index (κ3) is 24.5. The van der Waals surface area contributed by atoms with Crippen LogP contribution in [0, 0.1) is 14.9 Å². The minimum absolute atomic E-state index is 0. The predicted octanol–water partition coefficient (Wildman–Crippen LogP) is 3.04. The van der Waals surface area contributed by atoms with E-state index in [0.717, 1.165) is 19.3 Å². The van der Waals surface area contributed by atoms with Crippen LogP contribution in [-0.4, -0.2) is 126 Å². The number of carbonyl (C=O) groups excluding carboxylic acids is 5. The average Bonchev–Trinajstić information content (AvgIpc) is 2.85. The Labute approximate surface area is 266 Å². The largest absolute Gasteiger partial charge is 0.469 e. The highest BCUT2D eigenvalue weighted by Crippen LogP contribution is 2.16. The summed E-state index contributed by atoms with van der Waals surface area (Å²) in [6.07, 6.45) is 7.58. The molecule has 0 rings (SSSR count). The molecule has 12 nitrogen and oxygen atoms in total. The molecule has 0 radical (unpaired) electrons. The van der Waals surface area contributed by atoms with E-state index >= 15 is 0 Å². The van der Waals surface area contributed by atoms with Gasteiger partial charge in [-0.1, -0.05) is 38.3 Å². The molecule has 12 heteroatoms. The molecule has 1 N–H and O–H groups in total. The Kier molecular flexibility index (Phi) is 25.1. The Hall–Kier alpha value is -2.99. The number of hydrogen-bond donors (Lipinski definition) is 1. The zero-order valence-corrected chi connectivity index (χ0v) is 29.1. The number of nitrogens with zero attached hydrogens (tertiary/aromatic N) is 2. The van der Waals surface area contributed by atoms with Crippen LogP contribution in [0.3, 0.4) is 0 Å². The van der Waals surface area contributed by atoms with Crippen LogP contribution in [0.25, 0.3) is 0 Å². The lowest BCUT2D eigenvalue weighted by molar-refractivity contribution is -0.883. The van der Waals surface area contributed by atoms with Gasteiger partial charge in [-0.3, -0.25) is 19.2 Å². The summed E-state index contributed by atoms with van der Waals surface area (Å²) in [6, 6.07) is -0.427.